The first-order valence-electron chi connectivity index (χ1n) is 13.6. The number of pyridine rings is 1. The van der Waals surface area contributed by atoms with Crippen LogP contribution < -0.4 is 11.2 Å². The number of ether oxygens (including phenoxy) is 2. The van der Waals surface area contributed by atoms with Crippen molar-refractivity contribution in [2.75, 3.05) is 6.61 Å². The van der Waals surface area contributed by atoms with Gasteiger partial charge in [-0.05, 0) is 47.6 Å². The topological polar surface area (TPSA) is 139 Å². The minimum atomic E-state index is -0.829. The number of rotatable bonds is 14. The minimum Gasteiger partial charge on any atom is -0.394 e. The lowest BCUT2D eigenvalue weighted by molar-refractivity contribution is -0.386. The molecule has 230 valence electrons. The van der Waals surface area contributed by atoms with Crippen molar-refractivity contribution in [2.45, 2.75) is 50.0 Å². The monoisotopic (exact) mass is 636 g/mol. The lowest BCUT2D eigenvalue weighted by Gasteiger charge is -2.17. The van der Waals surface area contributed by atoms with E-state index in [1.807, 2.05) is 24.3 Å². The second kappa shape index (κ2) is 15.6. The zero-order valence-corrected chi connectivity index (χ0v) is 25.6. The molecule has 0 bridgehead atoms. The summed E-state index contributed by atoms with van der Waals surface area (Å²) in [4.78, 5) is 42.7. The van der Waals surface area contributed by atoms with Crippen molar-refractivity contribution in [3.8, 4) is 0 Å². The van der Waals surface area contributed by atoms with Gasteiger partial charge in [-0.1, -0.05) is 60.4 Å². The van der Waals surface area contributed by atoms with Crippen LogP contribution in [0.15, 0.2) is 117 Å². The first-order chi connectivity index (χ1) is 21.2. The molecule has 13 heteroatoms. The molecular formula is C31H32N4O7S2. The van der Waals surface area contributed by atoms with Crippen LogP contribution in [0, 0.1) is 17.0 Å². The molecule has 2 aromatic heterocycles. The highest BCUT2D eigenvalue weighted by atomic mass is 33.1. The van der Waals surface area contributed by atoms with Crippen molar-refractivity contribution in [3.05, 3.63) is 145 Å². The molecule has 11 nitrogen and oxygen atoms in total. The number of aryl methyl sites for hydroxylation is 1. The summed E-state index contributed by atoms with van der Waals surface area (Å²) in [5.41, 5.74) is 0.205. The maximum absolute atomic E-state index is 13.6. The van der Waals surface area contributed by atoms with E-state index in [1.165, 1.54) is 38.4 Å². The summed E-state index contributed by atoms with van der Waals surface area (Å²) in [6, 6.07) is 11.9. The Hall–Kier alpha value is -4.01. The van der Waals surface area contributed by atoms with Crippen molar-refractivity contribution in [2.24, 2.45) is 0 Å². The zero-order valence-electron chi connectivity index (χ0n) is 24.0. The Balaban J connectivity index is 1.52. The fourth-order valence-electron chi connectivity index (χ4n) is 4.50. The molecular weight excluding hydrogens is 604 g/mol. The van der Waals surface area contributed by atoms with Gasteiger partial charge in [0.2, 0.25) is 0 Å². The van der Waals surface area contributed by atoms with Gasteiger partial charge in [0.05, 0.1) is 36.3 Å². The highest BCUT2D eigenvalue weighted by Crippen LogP contribution is 2.36. The van der Waals surface area contributed by atoms with Crippen LogP contribution in [0.2, 0.25) is 0 Å². The maximum atomic E-state index is 13.6. The molecule has 44 heavy (non-hydrogen) atoms. The summed E-state index contributed by atoms with van der Waals surface area (Å²) in [5.74, 6) is 0. The van der Waals surface area contributed by atoms with Crippen LogP contribution in [-0.4, -0.2) is 43.0 Å². The summed E-state index contributed by atoms with van der Waals surface area (Å²) in [7, 11) is 2.95. The van der Waals surface area contributed by atoms with Gasteiger partial charge in [0.15, 0.2) is 0 Å². The lowest BCUT2D eigenvalue weighted by Crippen LogP contribution is -2.42. The Labute approximate surface area is 261 Å². The number of nitro groups is 1. The van der Waals surface area contributed by atoms with E-state index in [0.717, 1.165) is 14.5 Å². The number of hydrogen-bond acceptors (Lipinski definition) is 10. The highest BCUT2D eigenvalue weighted by molar-refractivity contribution is 8.78. The Bertz CT molecular complexity index is 1680. The van der Waals surface area contributed by atoms with Crippen molar-refractivity contribution in [1.82, 2.24) is 14.1 Å². The fraction of sp³-hybridized carbons (Fsp3) is 0.258. The van der Waals surface area contributed by atoms with Crippen LogP contribution in [0.3, 0.4) is 0 Å². The van der Waals surface area contributed by atoms with Gasteiger partial charge in [-0.3, -0.25) is 24.0 Å². The third-order valence-corrected chi connectivity index (χ3v) is 9.14. The molecule has 0 saturated carbocycles. The number of nitrogens with zero attached hydrogens (tertiary/aromatic N) is 4. The fourth-order valence-corrected chi connectivity index (χ4v) is 6.32. The van der Waals surface area contributed by atoms with E-state index in [2.05, 4.69) is 18.1 Å². The van der Waals surface area contributed by atoms with Gasteiger partial charge in [0, 0.05) is 35.3 Å². The molecule has 4 rings (SSSR count). The van der Waals surface area contributed by atoms with E-state index in [1.54, 1.807) is 49.5 Å². The first kappa shape index (κ1) is 32.9. The highest BCUT2D eigenvalue weighted by Gasteiger charge is 2.38. The van der Waals surface area contributed by atoms with Gasteiger partial charge in [0.1, 0.15) is 17.4 Å². The third kappa shape index (κ3) is 8.12. The molecule has 0 aliphatic carbocycles. The predicted molar refractivity (Wildman–Crippen MR) is 171 cm³/mol. The average molecular weight is 637 g/mol. The average Bonchev–Trinajstić information content (AvgIpc) is 3.46. The molecule has 1 aliphatic rings. The minimum absolute atomic E-state index is 0.0322. The second-order valence-corrected chi connectivity index (χ2v) is 12.0. The van der Waals surface area contributed by atoms with Crippen molar-refractivity contribution < 1.29 is 19.5 Å². The Morgan fingerprint density at radius 2 is 1.98 bits per heavy atom. The number of hydrogen-bond donors (Lipinski definition) is 1. The van der Waals surface area contributed by atoms with Crippen LogP contribution in [-0.2, 0) is 22.6 Å². The van der Waals surface area contributed by atoms with Crippen LogP contribution in [0.1, 0.15) is 23.8 Å². The van der Waals surface area contributed by atoms with Crippen LogP contribution in [0.4, 0.5) is 5.69 Å². The molecule has 0 spiro atoms. The lowest BCUT2D eigenvalue weighted by atomic mass is 10.1. The standard InChI is InChI=1S/C31H32N4O7S2/c1-4-22(13-14-24(5-2)43-44-28-12-8-9-15-32-28)18-34-30(37)21(3)17-33(31(34)38)29-16-26(27(19-36)42-29)41-20-23-10-6-7-11-25(23)35(39)40/h4-15,17,26-27,29,36H,1-2,16,18-20H2,3H3/b22-13+,24-14+/t26-,27?,29-/m1/s1. The van der Waals surface area contributed by atoms with Crippen LogP contribution >= 0.6 is 21.6 Å². The van der Waals surface area contributed by atoms with Crippen molar-refractivity contribution in [3.63, 3.8) is 0 Å². The Morgan fingerprint density at radius 3 is 2.66 bits per heavy atom. The SMILES string of the molecule is C=C/C(=C\C=C(/C=C)SSc1ccccn1)Cn1c(=O)c(C)cn([C@H]2C[C@@H](OCc3ccccc3[N+](=O)[O-])C(CO)O2)c1=O. The van der Waals surface area contributed by atoms with Crippen molar-refractivity contribution in [1.29, 1.82) is 0 Å². The normalized spacial score (nSPS) is 18.7. The van der Waals surface area contributed by atoms with Gasteiger partial charge in [-0.25, -0.2) is 9.78 Å². The van der Waals surface area contributed by atoms with Gasteiger partial charge in [-0.15, -0.1) is 0 Å². The molecule has 3 aromatic rings. The molecule has 1 aliphatic heterocycles. The molecule has 1 fully saturated rings. The van der Waals surface area contributed by atoms with E-state index in [0.29, 0.717) is 16.7 Å². The zero-order chi connectivity index (χ0) is 31.6. The number of aromatic nitrogens is 3. The summed E-state index contributed by atoms with van der Waals surface area (Å²) < 4.78 is 14.3. The molecule has 3 heterocycles. The summed E-state index contributed by atoms with van der Waals surface area (Å²) in [5, 5.41) is 22.2. The largest absolute Gasteiger partial charge is 0.394 e. The van der Waals surface area contributed by atoms with Crippen molar-refractivity contribution >= 4 is 27.3 Å². The van der Waals surface area contributed by atoms with Gasteiger partial charge >= 0.3 is 5.69 Å². The van der Waals surface area contributed by atoms with Crippen LogP contribution in [0.5, 0.6) is 0 Å². The molecule has 1 unspecified atom stereocenters. The first-order valence-corrected chi connectivity index (χ1v) is 15.7. The Morgan fingerprint density at radius 1 is 1.20 bits per heavy atom. The van der Waals surface area contributed by atoms with Gasteiger partial charge in [-0.2, -0.15) is 0 Å². The predicted octanol–water partition coefficient (Wildman–Crippen LogP) is 5.11. The number of benzene rings is 1. The number of allylic oxidation sites excluding steroid dienone is 5. The quantitative estimate of drug-likeness (QED) is 0.110. The smallest absolute Gasteiger partial charge is 0.333 e. The molecule has 1 N–H and O–H groups in total. The number of nitro benzene ring substituents is 1. The summed E-state index contributed by atoms with van der Waals surface area (Å²) in [6.45, 7) is 8.82. The van der Waals surface area contributed by atoms with E-state index in [-0.39, 0.29) is 31.9 Å². The number of para-hydroxylation sites is 1. The second-order valence-electron chi connectivity index (χ2n) is 9.73. The maximum Gasteiger partial charge on any atom is 0.333 e. The molecule has 0 radical (unpaired) electrons. The Kier molecular flexibility index (Phi) is 11.7. The van der Waals surface area contributed by atoms with E-state index < -0.39 is 34.6 Å². The molecule has 1 aromatic carbocycles. The third-order valence-electron chi connectivity index (χ3n) is 6.81. The van der Waals surface area contributed by atoms with E-state index >= 15 is 0 Å². The van der Waals surface area contributed by atoms with Gasteiger partial charge < -0.3 is 14.6 Å². The van der Waals surface area contributed by atoms with E-state index in [9.17, 15) is 24.8 Å². The van der Waals surface area contributed by atoms with Crippen LogP contribution in [0.25, 0.3) is 0 Å². The summed E-state index contributed by atoms with van der Waals surface area (Å²) in [6.07, 6.45) is 7.96. The number of aliphatic hydroxyl groups is 1. The molecule has 0 amide bonds. The molecule has 3 atom stereocenters. The molecule has 1 saturated heterocycles. The summed E-state index contributed by atoms with van der Waals surface area (Å²) >= 11 is 0. The number of aliphatic hydroxyl groups excluding tert-OH is 1. The van der Waals surface area contributed by atoms with Gasteiger partial charge in [0.25, 0.3) is 11.2 Å². The van der Waals surface area contributed by atoms with E-state index in [4.69, 9.17) is 9.47 Å².